The van der Waals surface area contributed by atoms with Crippen molar-refractivity contribution in [3.63, 3.8) is 0 Å². The number of esters is 1. The lowest BCUT2D eigenvalue weighted by Crippen LogP contribution is -2.05. The highest BCUT2D eigenvalue weighted by molar-refractivity contribution is 6.06. The summed E-state index contributed by atoms with van der Waals surface area (Å²) in [5.41, 5.74) is 4.99. The Bertz CT molecular complexity index is 1100. The minimum Gasteiger partial charge on any atom is -0.478 e. The van der Waals surface area contributed by atoms with Gasteiger partial charge in [0.25, 0.3) is 0 Å². The number of ether oxygens (including phenoxy) is 1. The Kier molecular flexibility index (Phi) is 4.20. The monoisotopic (exact) mass is 359 g/mol. The largest absolute Gasteiger partial charge is 0.478 e. The molecule has 0 aliphatic heterocycles. The van der Waals surface area contributed by atoms with Crippen molar-refractivity contribution in [2.24, 2.45) is 0 Å². The van der Waals surface area contributed by atoms with Crippen LogP contribution in [0.4, 0.5) is 0 Å². The summed E-state index contributed by atoms with van der Waals surface area (Å²) in [6.45, 7) is 0. The average Bonchev–Trinajstić information content (AvgIpc) is 3.08. The van der Waals surface area contributed by atoms with Crippen molar-refractivity contribution in [2.45, 2.75) is 12.8 Å². The van der Waals surface area contributed by atoms with Crippen LogP contribution in [-0.4, -0.2) is 29.1 Å². The SMILES string of the molecule is COC(=O)c1ccc(/C=C2\CCc3c2nc2ccccc2c3C(=O)O)cc1. The van der Waals surface area contributed by atoms with E-state index in [2.05, 4.69) is 0 Å². The van der Waals surface area contributed by atoms with Gasteiger partial charge in [0.05, 0.1) is 29.4 Å². The average molecular weight is 359 g/mol. The van der Waals surface area contributed by atoms with E-state index in [1.807, 2.05) is 36.4 Å². The molecule has 1 heterocycles. The maximum absolute atomic E-state index is 11.9. The van der Waals surface area contributed by atoms with Crippen LogP contribution in [0.25, 0.3) is 22.6 Å². The van der Waals surface area contributed by atoms with Crippen molar-refractivity contribution >= 4 is 34.5 Å². The van der Waals surface area contributed by atoms with Crippen molar-refractivity contribution in [1.29, 1.82) is 0 Å². The van der Waals surface area contributed by atoms with Crippen LogP contribution in [0.15, 0.2) is 48.5 Å². The topological polar surface area (TPSA) is 76.5 Å². The van der Waals surface area contributed by atoms with Crippen LogP contribution in [0.2, 0.25) is 0 Å². The Hall–Kier alpha value is -3.47. The van der Waals surface area contributed by atoms with Gasteiger partial charge in [-0.3, -0.25) is 0 Å². The number of aromatic carboxylic acids is 1. The van der Waals surface area contributed by atoms with Crippen LogP contribution in [-0.2, 0) is 11.2 Å². The number of allylic oxidation sites excluding steroid dienone is 1. The highest BCUT2D eigenvalue weighted by atomic mass is 16.5. The van der Waals surface area contributed by atoms with Crippen LogP contribution >= 0.6 is 0 Å². The number of carbonyl (C=O) groups excluding carboxylic acids is 1. The molecule has 0 spiro atoms. The summed E-state index contributed by atoms with van der Waals surface area (Å²) in [4.78, 5) is 28.2. The molecule has 5 heteroatoms. The fourth-order valence-corrected chi connectivity index (χ4v) is 3.56. The van der Waals surface area contributed by atoms with Gasteiger partial charge in [0.15, 0.2) is 0 Å². The number of fused-ring (bicyclic) bond motifs is 2. The summed E-state index contributed by atoms with van der Waals surface area (Å²) in [7, 11) is 1.35. The zero-order chi connectivity index (χ0) is 19.0. The molecule has 0 saturated carbocycles. The van der Waals surface area contributed by atoms with Crippen molar-refractivity contribution in [3.05, 3.63) is 76.5 Å². The van der Waals surface area contributed by atoms with Gasteiger partial charge < -0.3 is 9.84 Å². The van der Waals surface area contributed by atoms with E-state index in [0.29, 0.717) is 28.5 Å². The highest BCUT2D eigenvalue weighted by Crippen LogP contribution is 2.37. The number of pyridine rings is 1. The number of benzene rings is 2. The van der Waals surface area contributed by atoms with Crippen LogP contribution < -0.4 is 0 Å². The smallest absolute Gasteiger partial charge is 0.337 e. The van der Waals surface area contributed by atoms with E-state index in [9.17, 15) is 14.7 Å². The van der Waals surface area contributed by atoms with E-state index in [1.54, 1.807) is 18.2 Å². The molecule has 1 aliphatic carbocycles. The number of para-hydroxylation sites is 1. The summed E-state index contributed by atoms with van der Waals surface area (Å²) in [6.07, 6.45) is 3.39. The first-order valence-electron chi connectivity index (χ1n) is 8.62. The van der Waals surface area contributed by atoms with E-state index in [0.717, 1.165) is 28.8 Å². The van der Waals surface area contributed by atoms with E-state index in [4.69, 9.17) is 9.72 Å². The fraction of sp³-hybridized carbons (Fsp3) is 0.136. The molecule has 0 amide bonds. The van der Waals surface area contributed by atoms with Gasteiger partial charge in [0.1, 0.15) is 0 Å². The molecule has 3 aromatic rings. The van der Waals surface area contributed by atoms with Gasteiger partial charge in [-0.15, -0.1) is 0 Å². The minimum atomic E-state index is -0.923. The lowest BCUT2D eigenvalue weighted by molar-refractivity contribution is 0.0599. The predicted molar refractivity (Wildman–Crippen MR) is 103 cm³/mol. The van der Waals surface area contributed by atoms with Gasteiger partial charge in [-0.05, 0) is 53.8 Å². The molecule has 0 fully saturated rings. The van der Waals surface area contributed by atoms with E-state index in [1.165, 1.54) is 7.11 Å². The van der Waals surface area contributed by atoms with Crippen molar-refractivity contribution in [2.75, 3.05) is 7.11 Å². The number of carbonyl (C=O) groups is 2. The molecule has 1 N–H and O–H groups in total. The number of carboxylic acid groups (broad SMARTS) is 1. The fourth-order valence-electron chi connectivity index (χ4n) is 3.56. The third-order valence-electron chi connectivity index (χ3n) is 4.83. The maximum Gasteiger partial charge on any atom is 0.337 e. The minimum absolute atomic E-state index is 0.347. The first kappa shape index (κ1) is 17.0. The lowest BCUT2D eigenvalue weighted by atomic mass is 10.0. The number of carboxylic acids is 1. The number of methoxy groups -OCH3 is 1. The van der Waals surface area contributed by atoms with E-state index < -0.39 is 5.97 Å². The molecule has 0 unspecified atom stereocenters. The number of rotatable bonds is 3. The molecule has 0 bridgehead atoms. The molecule has 0 atom stereocenters. The Labute approximate surface area is 155 Å². The molecule has 134 valence electrons. The summed E-state index contributed by atoms with van der Waals surface area (Å²) >= 11 is 0. The second kappa shape index (κ2) is 6.68. The molecule has 4 rings (SSSR count). The van der Waals surface area contributed by atoms with Crippen LogP contribution in [0.3, 0.4) is 0 Å². The summed E-state index contributed by atoms with van der Waals surface area (Å²) in [5.74, 6) is -1.30. The van der Waals surface area contributed by atoms with Gasteiger partial charge in [-0.2, -0.15) is 0 Å². The molecular weight excluding hydrogens is 342 g/mol. The summed E-state index contributed by atoms with van der Waals surface area (Å²) in [5, 5.41) is 10.4. The third kappa shape index (κ3) is 2.97. The van der Waals surface area contributed by atoms with Gasteiger partial charge in [-0.25, -0.2) is 14.6 Å². The van der Waals surface area contributed by atoms with Crippen molar-refractivity contribution in [1.82, 2.24) is 4.98 Å². The summed E-state index contributed by atoms with van der Waals surface area (Å²) < 4.78 is 4.71. The molecule has 1 aliphatic rings. The third-order valence-corrected chi connectivity index (χ3v) is 4.83. The molecule has 0 saturated heterocycles. The predicted octanol–water partition coefficient (Wildman–Crippen LogP) is 4.21. The van der Waals surface area contributed by atoms with Gasteiger partial charge in [0.2, 0.25) is 0 Å². The van der Waals surface area contributed by atoms with Crippen LogP contribution in [0.5, 0.6) is 0 Å². The second-order valence-electron chi connectivity index (χ2n) is 6.42. The Balaban J connectivity index is 1.80. The number of aromatic nitrogens is 1. The standard InChI is InChI=1S/C22H17NO4/c1-27-22(26)14-8-6-13(7-9-14)12-15-10-11-17-19(21(24)25)16-4-2-3-5-18(16)23-20(15)17/h2-9,12H,10-11H2,1H3,(H,24,25)/b15-12+. The van der Waals surface area contributed by atoms with Gasteiger partial charge >= 0.3 is 11.9 Å². The zero-order valence-electron chi connectivity index (χ0n) is 14.7. The first-order valence-corrected chi connectivity index (χ1v) is 8.62. The van der Waals surface area contributed by atoms with Crippen molar-refractivity contribution < 1.29 is 19.4 Å². The summed E-state index contributed by atoms with van der Waals surface area (Å²) in [6, 6.07) is 14.4. The number of hydrogen-bond acceptors (Lipinski definition) is 4. The quantitative estimate of drug-likeness (QED) is 0.709. The second-order valence-corrected chi connectivity index (χ2v) is 6.42. The van der Waals surface area contributed by atoms with E-state index in [-0.39, 0.29) is 5.97 Å². The molecule has 2 aromatic carbocycles. The Morgan fingerprint density at radius 1 is 1.07 bits per heavy atom. The lowest BCUT2D eigenvalue weighted by Gasteiger charge is -2.09. The molecular formula is C22H17NO4. The van der Waals surface area contributed by atoms with Crippen LogP contribution in [0, 0.1) is 0 Å². The first-order chi connectivity index (χ1) is 13.1. The zero-order valence-corrected chi connectivity index (χ0v) is 14.7. The van der Waals surface area contributed by atoms with Crippen molar-refractivity contribution in [3.8, 4) is 0 Å². The highest BCUT2D eigenvalue weighted by Gasteiger charge is 2.26. The van der Waals surface area contributed by atoms with Gasteiger partial charge in [0, 0.05) is 5.39 Å². The molecule has 27 heavy (non-hydrogen) atoms. The maximum atomic E-state index is 11.9. The molecule has 1 aromatic heterocycles. The normalized spacial score (nSPS) is 14.3. The Morgan fingerprint density at radius 2 is 1.81 bits per heavy atom. The molecule has 5 nitrogen and oxygen atoms in total. The number of nitrogens with zero attached hydrogens (tertiary/aromatic N) is 1. The molecule has 0 radical (unpaired) electrons. The van der Waals surface area contributed by atoms with Gasteiger partial charge in [-0.1, -0.05) is 30.3 Å². The van der Waals surface area contributed by atoms with Crippen LogP contribution in [0.1, 0.15) is 44.0 Å². The number of hydrogen-bond donors (Lipinski definition) is 1. The Morgan fingerprint density at radius 3 is 2.52 bits per heavy atom. The van der Waals surface area contributed by atoms with E-state index >= 15 is 0 Å².